The van der Waals surface area contributed by atoms with Gasteiger partial charge < -0.3 is 4.74 Å². The van der Waals surface area contributed by atoms with Crippen LogP contribution in [0.5, 0.6) is 11.5 Å². The van der Waals surface area contributed by atoms with Crippen LogP contribution in [0.4, 0.5) is 14.5 Å². The highest BCUT2D eigenvalue weighted by Gasteiger charge is 2.24. The maximum atomic E-state index is 13.6. The summed E-state index contributed by atoms with van der Waals surface area (Å²) < 4.78 is 32.3. The summed E-state index contributed by atoms with van der Waals surface area (Å²) in [6.45, 7) is 0. The summed E-state index contributed by atoms with van der Waals surface area (Å²) in [5.41, 5.74) is -0.644. The number of ether oxygens (including phenoxy) is 1. The van der Waals surface area contributed by atoms with Gasteiger partial charge in [-0.05, 0) is 34.1 Å². The second-order valence-electron chi connectivity index (χ2n) is 3.50. The van der Waals surface area contributed by atoms with E-state index in [2.05, 4.69) is 15.9 Å². The lowest BCUT2D eigenvalue weighted by Gasteiger charge is -2.09. The zero-order valence-corrected chi connectivity index (χ0v) is 10.9. The van der Waals surface area contributed by atoms with Crippen LogP contribution in [-0.2, 0) is 0 Å². The smallest absolute Gasteiger partial charge is 0.314 e. The SMILES string of the molecule is O=[N+]([O-])c1ccc(F)c(F)c1Oc1ccccc1Br. The maximum Gasteiger partial charge on any atom is 0.314 e. The van der Waals surface area contributed by atoms with E-state index in [1.807, 2.05) is 0 Å². The molecular weight excluding hydrogens is 324 g/mol. The topological polar surface area (TPSA) is 52.4 Å². The molecule has 0 fully saturated rings. The Balaban J connectivity index is 2.53. The van der Waals surface area contributed by atoms with Crippen molar-refractivity contribution in [3.8, 4) is 11.5 Å². The third kappa shape index (κ3) is 2.70. The number of rotatable bonds is 3. The summed E-state index contributed by atoms with van der Waals surface area (Å²) in [4.78, 5) is 9.95. The highest BCUT2D eigenvalue weighted by Crippen LogP contribution is 2.37. The predicted molar refractivity (Wildman–Crippen MR) is 67.2 cm³/mol. The summed E-state index contributed by atoms with van der Waals surface area (Å²) >= 11 is 3.15. The van der Waals surface area contributed by atoms with Crippen molar-refractivity contribution in [3.05, 3.63) is 62.6 Å². The number of nitro groups is 1. The van der Waals surface area contributed by atoms with Crippen LogP contribution in [0.15, 0.2) is 40.9 Å². The first-order chi connectivity index (χ1) is 9.00. The van der Waals surface area contributed by atoms with Gasteiger partial charge in [-0.2, -0.15) is 4.39 Å². The third-order valence-corrected chi connectivity index (χ3v) is 2.93. The Kier molecular flexibility index (Phi) is 3.75. The first-order valence-electron chi connectivity index (χ1n) is 5.05. The average Bonchev–Trinajstić information content (AvgIpc) is 2.37. The average molecular weight is 330 g/mol. The Morgan fingerprint density at radius 3 is 2.47 bits per heavy atom. The normalized spacial score (nSPS) is 10.3. The molecule has 0 radical (unpaired) electrons. The fraction of sp³-hybridized carbons (Fsp3) is 0. The van der Waals surface area contributed by atoms with Gasteiger partial charge in [-0.25, -0.2) is 4.39 Å². The van der Waals surface area contributed by atoms with Crippen molar-refractivity contribution in [2.24, 2.45) is 0 Å². The predicted octanol–water partition coefficient (Wildman–Crippen LogP) is 4.43. The van der Waals surface area contributed by atoms with E-state index in [4.69, 9.17) is 4.74 Å². The zero-order valence-electron chi connectivity index (χ0n) is 9.27. The van der Waals surface area contributed by atoms with E-state index >= 15 is 0 Å². The zero-order chi connectivity index (χ0) is 14.0. The minimum absolute atomic E-state index is 0.148. The number of benzene rings is 2. The molecule has 0 saturated heterocycles. The highest BCUT2D eigenvalue weighted by atomic mass is 79.9. The van der Waals surface area contributed by atoms with Crippen molar-refractivity contribution < 1.29 is 18.4 Å². The molecule has 0 heterocycles. The first kappa shape index (κ1) is 13.4. The Hall–Kier alpha value is -2.02. The van der Waals surface area contributed by atoms with E-state index in [0.29, 0.717) is 10.5 Å². The fourth-order valence-electron chi connectivity index (χ4n) is 1.40. The molecule has 98 valence electrons. The van der Waals surface area contributed by atoms with Crippen molar-refractivity contribution in [1.82, 2.24) is 0 Å². The molecule has 19 heavy (non-hydrogen) atoms. The largest absolute Gasteiger partial charge is 0.446 e. The molecule has 2 aromatic carbocycles. The molecule has 7 heteroatoms. The molecule has 2 aromatic rings. The Morgan fingerprint density at radius 1 is 1.16 bits per heavy atom. The van der Waals surface area contributed by atoms with Gasteiger partial charge in [0.25, 0.3) is 0 Å². The molecule has 0 N–H and O–H groups in total. The second kappa shape index (κ2) is 5.31. The van der Waals surface area contributed by atoms with E-state index in [-0.39, 0.29) is 5.75 Å². The standard InChI is InChI=1S/C12H6BrF2NO3/c13-7-3-1-2-4-10(7)19-12-9(16(17)18)6-5-8(14)11(12)15/h1-6H. The Bertz CT molecular complexity index is 649. The molecule has 0 unspecified atom stereocenters. The molecule has 0 spiro atoms. The van der Waals surface area contributed by atoms with Crippen LogP contribution in [0.1, 0.15) is 0 Å². The molecule has 0 aliphatic carbocycles. The summed E-state index contributed by atoms with van der Waals surface area (Å²) in [7, 11) is 0. The molecular formula is C12H6BrF2NO3. The summed E-state index contributed by atoms with van der Waals surface area (Å²) in [5, 5.41) is 10.8. The molecule has 0 amide bonds. The van der Waals surface area contributed by atoms with Crippen LogP contribution in [-0.4, -0.2) is 4.92 Å². The first-order valence-corrected chi connectivity index (χ1v) is 5.84. The minimum atomic E-state index is -1.40. The van der Waals surface area contributed by atoms with Crippen LogP contribution in [0.2, 0.25) is 0 Å². The van der Waals surface area contributed by atoms with Gasteiger partial charge in [-0.1, -0.05) is 12.1 Å². The van der Waals surface area contributed by atoms with Crippen LogP contribution in [0, 0.1) is 21.7 Å². The van der Waals surface area contributed by atoms with E-state index < -0.39 is 28.0 Å². The number of nitro benzene ring substituents is 1. The van der Waals surface area contributed by atoms with Crippen LogP contribution in [0.25, 0.3) is 0 Å². The monoisotopic (exact) mass is 329 g/mol. The number of para-hydroxylation sites is 1. The summed E-state index contributed by atoms with van der Waals surface area (Å²) in [6.07, 6.45) is 0. The molecule has 0 aliphatic heterocycles. The second-order valence-corrected chi connectivity index (χ2v) is 4.35. The van der Waals surface area contributed by atoms with Gasteiger partial charge in [-0.3, -0.25) is 10.1 Å². The number of hydrogen-bond donors (Lipinski definition) is 0. The van der Waals surface area contributed by atoms with Gasteiger partial charge in [0.1, 0.15) is 5.75 Å². The van der Waals surface area contributed by atoms with Crippen LogP contribution in [0.3, 0.4) is 0 Å². The number of nitrogens with zero attached hydrogens (tertiary/aromatic N) is 1. The molecule has 0 saturated carbocycles. The van der Waals surface area contributed by atoms with Gasteiger partial charge in [0.15, 0.2) is 5.82 Å². The van der Waals surface area contributed by atoms with Crippen molar-refractivity contribution in [3.63, 3.8) is 0 Å². The highest BCUT2D eigenvalue weighted by molar-refractivity contribution is 9.10. The maximum absolute atomic E-state index is 13.6. The van der Waals surface area contributed by atoms with Gasteiger partial charge in [0.2, 0.25) is 11.6 Å². The summed E-state index contributed by atoms with van der Waals surface area (Å²) in [6, 6.07) is 7.90. The van der Waals surface area contributed by atoms with Crippen molar-refractivity contribution in [2.45, 2.75) is 0 Å². The molecule has 2 rings (SSSR count). The van der Waals surface area contributed by atoms with Gasteiger partial charge >= 0.3 is 5.69 Å². The molecule has 0 aliphatic rings. The van der Waals surface area contributed by atoms with E-state index in [9.17, 15) is 18.9 Å². The third-order valence-electron chi connectivity index (χ3n) is 2.27. The molecule has 0 aromatic heterocycles. The van der Waals surface area contributed by atoms with Crippen molar-refractivity contribution >= 4 is 21.6 Å². The lowest BCUT2D eigenvalue weighted by molar-refractivity contribution is -0.385. The lowest BCUT2D eigenvalue weighted by Crippen LogP contribution is -1.98. The Morgan fingerprint density at radius 2 is 1.84 bits per heavy atom. The summed E-state index contributed by atoms with van der Waals surface area (Å²) in [5.74, 6) is -3.22. The quantitative estimate of drug-likeness (QED) is 0.618. The molecule has 4 nitrogen and oxygen atoms in total. The van der Waals surface area contributed by atoms with E-state index in [1.54, 1.807) is 18.2 Å². The van der Waals surface area contributed by atoms with Crippen LogP contribution >= 0.6 is 15.9 Å². The lowest BCUT2D eigenvalue weighted by atomic mass is 10.2. The van der Waals surface area contributed by atoms with Crippen molar-refractivity contribution in [1.29, 1.82) is 0 Å². The van der Waals surface area contributed by atoms with Crippen LogP contribution < -0.4 is 4.74 Å². The van der Waals surface area contributed by atoms with Gasteiger partial charge in [0, 0.05) is 6.07 Å². The minimum Gasteiger partial charge on any atom is -0.446 e. The fourth-order valence-corrected chi connectivity index (χ4v) is 1.77. The number of halogens is 3. The molecule has 0 atom stereocenters. The van der Waals surface area contributed by atoms with E-state index in [1.165, 1.54) is 6.07 Å². The Labute approximate surface area is 114 Å². The van der Waals surface area contributed by atoms with Gasteiger partial charge in [-0.15, -0.1) is 0 Å². The molecule has 0 bridgehead atoms. The van der Waals surface area contributed by atoms with Gasteiger partial charge in [0.05, 0.1) is 9.40 Å². The van der Waals surface area contributed by atoms with Crippen molar-refractivity contribution in [2.75, 3.05) is 0 Å². The van der Waals surface area contributed by atoms with E-state index in [0.717, 1.165) is 6.07 Å². The number of hydrogen-bond acceptors (Lipinski definition) is 3.